The van der Waals surface area contributed by atoms with Crippen molar-refractivity contribution in [2.75, 3.05) is 14.2 Å². The summed E-state index contributed by atoms with van der Waals surface area (Å²) in [5, 5.41) is 8.26. The van der Waals surface area contributed by atoms with Crippen molar-refractivity contribution in [1.82, 2.24) is 15.3 Å². The molecule has 0 fully saturated rings. The molecule has 4 aromatic rings. The normalized spacial score (nSPS) is 10.9. The lowest BCUT2D eigenvalue weighted by molar-refractivity contribution is 0.315. The number of ether oxygens (including phenoxy) is 2. The quantitative estimate of drug-likeness (QED) is 0.527. The maximum atomic E-state index is 5.25. The van der Waals surface area contributed by atoms with Gasteiger partial charge >= 0.3 is 0 Å². The van der Waals surface area contributed by atoms with Gasteiger partial charge in [-0.15, -0.1) is 0 Å². The molecule has 0 saturated heterocycles. The first-order chi connectivity index (χ1) is 13.2. The third kappa shape index (κ3) is 2.99. The summed E-state index contributed by atoms with van der Waals surface area (Å²) in [4.78, 5) is 4.84. The average molecular weight is 360 g/mol. The Kier molecular flexibility index (Phi) is 4.46. The van der Waals surface area contributed by atoms with E-state index in [1.54, 1.807) is 14.2 Å². The van der Waals surface area contributed by atoms with Gasteiger partial charge in [0.05, 0.1) is 19.9 Å². The Labute approximate surface area is 156 Å². The highest BCUT2D eigenvalue weighted by atomic mass is 16.6. The van der Waals surface area contributed by atoms with E-state index >= 15 is 0 Å². The Balaban J connectivity index is 1.92. The Morgan fingerprint density at radius 2 is 1.37 bits per heavy atom. The Hall–Kier alpha value is -3.41. The maximum Gasteiger partial charge on any atom is 0.162 e. The Bertz CT molecular complexity index is 1070. The summed E-state index contributed by atoms with van der Waals surface area (Å²) in [5.74, 6) is 1.56. The summed E-state index contributed by atoms with van der Waals surface area (Å²) < 4.78 is 15.5. The second kappa shape index (κ2) is 7.07. The van der Waals surface area contributed by atoms with Crippen molar-refractivity contribution in [3.05, 3.63) is 61.1 Å². The van der Waals surface area contributed by atoms with Crippen LogP contribution in [0.25, 0.3) is 33.4 Å². The number of methoxy groups -OCH3 is 2. The van der Waals surface area contributed by atoms with Gasteiger partial charge in [0.15, 0.2) is 5.52 Å². The molecule has 0 aliphatic heterocycles. The van der Waals surface area contributed by atoms with Gasteiger partial charge in [-0.3, -0.25) is 0 Å². The van der Waals surface area contributed by atoms with Gasteiger partial charge in [0, 0.05) is 11.1 Å². The van der Waals surface area contributed by atoms with Crippen LogP contribution in [0.1, 0.15) is 5.69 Å². The summed E-state index contributed by atoms with van der Waals surface area (Å²) in [7, 11) is 3.28. The van der Waals surface area contributed by atoms with Gasteiger partial charge < -0.3 is 9.47 Å². The van der Waals surface area contributed by atoms with Gasteiger partial charge in [0.1, 0.15) is 22.7 Å². The molecule has 6 heteroatoms. The number of aromatic nitrogens is 3. The molecule has 2 heterocycles. The lowest BCUT2D eigenvalue weighted by Gasteiger charge is -2.11. The summed E-state index contributed by atoms with van der Waals surface area (Å²) in [6.45, 7) is 4.04. The van der Waals surface area contributed by atoms with E-state index in [9.17, 15) is 0 Å². The van der Waals surface area contributed by atoms with E-state index < -0.39 is 0 Å². The lowest BCUT2D eigenvalue weighted by Crippen LogP contribution is -1.98. The molecule has 0 bridgehead atoms. The third-order valence-corrected chi connectivity index (χ3v) is 4.46. The molecule has 4 rings (SSSR count). The predicted octanol–water partition coefficient (Wildman–Crippen LogP) is 4.35. The SMILES string of the molecule is [CH2]Cc1nc(-c2ccc(OC)cc2)c2nonc2c1-c1ccc(OC)cc1. The molecule has 1 radical (unpaired) electrons. The molecule has 0 unspecified atom stereocenters. The highest BCUT2D eigenvalue weighted by Gasteiger charge is 2.20. The fourth-order valence-corrected chi connectivity index (χ4v) is 3.08. The van der Waals surface area contributed by atoms with Crippen LogP contribution in [0.15, 0.2) is 53.2 Å². The van der Waals surface area contributed by atoms with Crippen molar-refractivity contribution in [2.24, 2.45) is 0 Å². The minimum atomic E-state index is 0.507. The van der Waals surface area contributed by atoms with Crippen LogP contribution in [0.3, 0.4) is 0 Å². The van der Waals surface area contributed by atoms with E-state index in [2.05, 4.69) is 17.2 Å². The summed E-state index contributed by atoms with van der Waals surface area (Å²) >= 11 is 0. The van der Waals surface area contributed by atoms with Gasteiger partial charge in [0.25, 0.3) is 0 Å². The van der Waals surface area contributed by atoms with Crippen molar-refractivity contribution < 1.29 is 14.1 Å². The summed E-state index contributed by atoms with van der Waals surface area (Å²) in [6.07, 6.45) is 0.507. The maximum absolute atomic E-state index is 5.25. The molecule has 0 aliphatic carbocycles. The molecule has 0 saturated carbocycles. The molecule has 0 N–H and O–H groups in total. The van der Waals surface area contributed by atoms with Gasteiger partial charge in [-0.1, -0.05) is 12.1 Å². The number of rotatable bonds is 5. The van der Waals surface area contributed by atoms with Crippen molar-refractivity contribution >= 4 is 11.0 Å². The van der Waals surface area contributed by atoms with E-state index in [1.165, 1.54) is 0 Å². The molecular formula is C21H18N3O3. The summed E-state index contributed by atoms with van der Waals surface area (Å²) in [6, 6.07) is 15.4. The molecular weight excluding hydrogens is 342 g/mol. The largest absolute Gasteiger partial charge is 0.497 e. The highest BCUT2D eigenvalue weighted by Crippen LogP contribution is 2.36. The fraction of sp³-hybridized carbons (Fsp3) is 0.143. The zero-order valence-electron chi connectivity index (χ0n) is 15.1. The van der Waals surface area contributed by atoms with Crippen LogP contribution in [0.4, 0.5) is 0 Å². The Morgan fingerprint density at radius 3 is 1.93 bits per heavy atom. The second-order valence-electron chi connectivity index (χ2n) is 5.95. The monoisotopic (exact) mass is 360 g/mol. The molecule has 2 aromatic carbocycles. The van der Waals surface area contributed by atoms with Crippen LogP contribution < -0.4 is 9.47 Å². The van der Waals surface area contributed by atoms with Crippen molar-refractivity contribution in [1.29, 1.82) is 0 Å². The van der Waals surface area contributed by atoms with Crippen molar-refractivity contribution in [3.8, 4) is 33.9 Å². The van der Waals surface area contributed by atoms with Crippen LogP contribution in [0.5, 0.6) is 11.5 Å². The van der Waals surface area contributed by atoms with E-state index in [1.807, 2.05) is 48.5 Å². The number of hydrogen-bond donors (Lipinski definition) is 0. The number of pyridine rings is 1. The lowest BCUT2D eigenvalue weighted by atomic mass is 9.98. The minimum Gasteiger partial charge on any atom is -0.497 e. The molecule has 0 amide bonds. The topological polar surface area (TPSA) is 70.3 Å². The van der Waals surface area contributed by atoms with Crippen LogP contribution in [0.2, 0.25) is 0 Å². The van der Waals surface area contributed by atoms with Gasteiger partial charge in [-0.05, 0) is 65.6 Å². The third-order valence-electron chi connectivity index (χ3n) is 4.46. The van der Waals surface area contributed by atoms with E-state index in [-0.39, 0.29) is 0 Å². The smallest absolute Gasteiger partial charge is 0.162 e. The molecule has 27 heavy (non-hydrogen) atoms. The number of hydrogen-bond acceptors (Lipinski definition) is 6. The standard InChI is InChI=1S/C21H18N3O3/c1-4-17-18(13-5-9-15(25-2)10-6-13)20-21(24-27-23-20)19(22-17)14-7-11-16(26-3)12-8-14/h5-12H,1,4H2,2-3H3. The fourth-order valence-electron chi connectivity index (χ4n) is 3.08. The van der Waals surface area contributed by atoms with E-state index in [0.29, 0.717) is 23.1 Å². The first-order valence-corrected chi connectivity index (χ1v) is 8.48. The zero-order chi connectivity index (χ0) is 18.8. The first kappa shape index (κ1) is 17.0. The molecule has 0 aliphatic rings. The van der Waals surface area contributed by atoms with Crippen LogP contribution in [0, 0.1) is 6.92 Å². The number of fused-ring (bicyclic) bond motifs is 1. The predicted molar refractivity (Wildman–Crippen MR) is 103 cm³/mol. The van der Waals surface area contributed by atoms with Crippen LogP contribution in [-0.2, 0) is 6.42 Å². The second-order valence-corrected chi connectivity index (χ2v) is 5.95. The molecule has 2 aromatic heterocycles. The van der Waals surface area contributed by atoms with Crippen LogP contribution in [-0.4, -0.2) is 29.5 Å². The molecule has 0 spiro atoms. The Morgan fingerprint density at radius 1 is 0.815 bits per heavy atom. The van der Waals surface area contributed by atoms with Crippen molar-refractivity contribution in [3.63, 3.8) is 0 Å². The molecule has 135 valence electrons. The number of benzene rings is 2. The first-order valence-electron chi connectivity index (χ1n) is 8.48. The zero-order valence-corrected chi connectivity index (χ0v) is 15.1. The average Bonchev–Trinajstić information content (AvgIpc) is 3.22. The highest BCUT2D eigenvalue weighted by molar-refractivity contribution is 5.99. The van der Waals surface area contributed by atoms with Gasteiger partial charge in [-0.25, -0.2) is 9.61 Å². The molecule has 0 atom stereocenters. The number of nitrogens with zero attached hydrogens (tertiary/aromatic N) is 3. The van der Waals surface area contributed by atoms with E-state index in [0.717, 1.165) is 33.9 Å². The van der Waals surface area contributed by atoms with Gasteiger partial charge in [-0.2, -0.15) is 0 Å². The summed E-state index contributed by atoms with van der Waals surface area (Å²) in [5.41, 5.74) is 5.57. The van der Waals surface area contributed by atoms with Crippen LogP contribution >= 0.6 is 0 Å². The minimum absolute atomic E-state index is 0.507. The van der Waals surface area contributed by atoms with Gasteiger partial charge in [0.2, 0.25) is 0 Å². The van der Waals surface area contributed by atoms with E-state index in [4.69, 9.17) is 19.1 Å². The molecule has 6 nitrogen and oxygen atoms in total. The van der Waals surface area contributed by atoms with Crippen molar-refractivity contribution in [2.45, 2.75) is 6.42 Å².